The highest BCUT2D eigenvalue weighted by Crippen LogP contribution is 2.27. The monoisotopic (exact) mass is 384 g/mol. The summed E-state index contributed by atoms with van der Waals surface area (Å²) < 4.78 is 12.1. The fourth-order valence-electron chi connectivity index (χ4n) is 2.53. The van der Waals surface area contributed by atoms with Gasteiger partial charge in [-0.15, -0.1) is 5.10 Å². The van der Waals surface area contributed by atoms with Crippen LogP contribution in [0, 0.1) is 13.8 Å². The number of tetrazole rings is 1. The van der Waals surface area contributed by atoms with E-state index in [1.807, 2.05) is 25.1 Å². The molecule has 3 aromatic rings. The number of thioether (sulfide) groups is 1. The molecule has 0 atom stereocenters. The molecule has 7 nitrogen and oxygen atoms in total. The quantitative estimate of drug-likeness (QED) is 0.457. The first-order chi connectivity index (χ1) is 13.0. The second-order valence-electron chi connectivity index (χ2n) is 5.92. The highest BCUT2D eigenvalue weighted by molar-refractivity contribution is 7.99. The van der Waals surface area contributed by atoms with Crippen LogP contribution in [0.3, 0.4) is 0 Å². The lowest BCUT2D eigenvalue weighted by molar-refractivity contribution is 0.101. The molecule has 8 heteroatoms. The Hall–Kier alpha value is -2.87. The van der Waals surface area contributed by atoms with Crippen LogP contribution in [0.2, 0.25) is 0 Å². The Balaban J connectivity index is 1.77. The number of methoxy groups -OCH3 is 2. The minimum Gasteiger partial charge on any atom is -0.497 e. The van der Waals surface area contributed by atoms with Crippen LogP contribution >= 0.6 is 11.8 Å². The molecular formula is C19H20N4O3S. The highest BCUT2D eigenvalue weighted by atomic mass is 32.2. The van der Waals surface area contributed by atoms with Gasteiger partial charge in [0, 0.05) is 6.07 Å². The summed E-state index contributed by atoms with van der Waals surface area (Å²) in [5, 5.41) is 12.4. The van der Waals surface area contributed by atoms with E-state index in [9.17, 15) is 4.79 Å². The number of aromatic nitrogens is 4. The fraction of sp³-hybridized carbons (Fsp3) is 0.263. The van der Waals surface area contributed by atoms with Gasteiger partial charge in [-0.05, 0) is 59.7 Å². The Labute approximate surface area is 161 Å². The number of aryl methyl sites for hydroxylation is 2. The number of carbonyl (C=O) groups is 1. The molecule has 0 bridgehead atoms. The van der Waals surface area contributed by atoms with E-state index in [1.54, 1.807) is 30.0 Å². The standard InChI is InChI=1S/C19H20N4O3S/c1-12-5-6-14(9-13(12)2)23-19(20-21-22-23)27-11-17(24)16-8-7-15(25-3)10-18(16)26-4/h5-10H,11H2,1-4H3. The van der Waals surface area contributed by atoms with Crippen molar-refractivity contribution in [2.45, 2.75) is 19.0 Å². The minimum absolute atomic E-state index is 0.0749. The van der Waals surface area contributed by atoms with Gasteiger partial charge < -0.3 is 9.47 Å². The zero-order chi connectivity index (χ0) is 19.4. The lowest BCUT2D eigenvalue weighted by Crippen LogP contribution is -2.07. The number of carbonyl (C=O) groups excluding carboxylic acids is 1. The second-order valence-corrected chi connectivity index (χ2v) is 6.86. The summed E-state index contributed by atoms with van der Waals surface area (Å²) in [6.45, 7) is 4.09. The first-order valence-corrected chi connectivity index (χ1v) is 9.26. The van der Waals surface area contributed by atoms with Gasteiger partial charge in [-0.1, -0.05) is 17.8 Å². The molecule has 0 amide bonds. The third kappa shape index (κ3) is 4.11. The van der Waals surface area contributed by atoms with Crippen LogP contribution in [0.15, 0.2) is 41.6 Å². The van der Waals surface area contributed by atoms with Crippen molar-refractivity contribution < 1.29 is 14.3 Å². The van der Waals surface area contributed by atoms with Gasteiger partial charge in [0.15, 0.2) is 5.78 Å². The van der Waals surface area contributed by atoms with Gasteiger partial charge in [-0.25, -0.2) is 0 Å². The predicted octanol–water partition coefficient (Wildman–Crippen LogP) is 3.27. The lowest BCUT2D eigenvalue weighted by Gasteiger charge is -2.10. The summed E-state index contributed by atoms with van der Waals surface area (Å²) in [5.74, 6) is 1.23. The van der Waals surface area contributed by atoms with E-state index < -0.39 is 0 Å². The Morgan fingerprint density at radius 1 is 1.07 bits per heavy atom. The van der Waals surface area contributed by atoms with Gasteiger partial charge in [-0.3, -0.25) is 4.79 Å². The molecule has 0 unspecified atom stereocenters. The molecule has 0 aliphatic carbocycles. The van der Waals surface area contributed by atoms with E-state index in [-0.39, 0.29) is 11.5 Å². The first kappa shape index (κ1) is 18.9. The molecule has 27 heavy (non-hydrogen) atoms. The average molecular weight is 384 g/mol. The van der Waals surface area contributed by atoms with Crippen LogP contribution in [0.4, 0.5) is 0 Å². The van der Waals surface area contributed by atoms with Crippen LogP contribution in [0.5, 0.6) is 11.5 Å². The molecule has 0 spiro atoms. The Morgan fingerprint density at radius 3 is 2.59 bits per heavy atom. The Morgan fingerprint density at radius 2 is 1.89 bits per heavy atom. The Kier molecular flexibility index (Phi) is 5.75. The number of ether oxygens (including phenoxy) is 2. The number of Topliss-reactive ketones (excluding diaryl/α,β-unsaturated/α-hetero) is 1. The van der Waals surface area contributed by atoms with Crippen LogP contribution in [-0.2, 0) is 0 Å². The van der Waals surface area contributed by atoms with Gasteiger partial charge in [-0.2, -0.15) is 4.68 Å². The van der Waals surface area contributed by atoms with E-state index in [0.29, 0.717) is 22.2 Å². The van der Waals surface area contributed by atoms with Crippen molar-refractivity contribution in [3.8, 4) is 17.2 Å². The number of rotatable bonds is 7. The smallest absolute Gasteiger partial charge is 0.214 e. The van der Waals surface area contributed by atoms with Crippen molar-refractivity contribution >= 4 is 17.5 Å². The Bertz CT molecular complexity index is 971. The molecule has 140 valence electrons. The first-order valence-electron chi connectivity index (χ1n) is 8.27. The molecule has 0 aliphatic heterocycles. The summed E-state index contributed by atoms with van der Waals surface area (Å²) in [5.41, 5.74) is 3.71. The zero-order valence-electron chi connectivity index (χ0n) is 15.6. The summed E-state index contributed by atoms with van der Waals surface area (Å²) in [6.07, 6.45) is 0. The normalized spacial score (nSPS) is 10.7. The molecule has 1 heterocycles. The van der Waals surface area contributed by atoms with E-state index >= 15 is 0 Å². The largest absolute Gasteiger partial charge is 0.497 e. The molecule has 1 aromatic heterocycles. The molecule has 0 aliphatic rings. The number of nitrogens with zero attached hydrogens (tertiary/aromatic N) is 4. The topological polar surface area (TPSA) is 79.1 Å². The maximum absolute atomic E-state index is 12.6. The van der Waals surface area contributed by atoms with Crippen molar-refractivity contribution in [1.29, 1.82) is 0 Å². The van der Waals surface area contributed by atoms with Crippen LogP contribution in [-0.4, -0.2) is 46.0 Å². The fourth-order valence-corrected chi connectivity index (χ4v) is 3.30. The number of ketones is 1. The van der Waals surface area contributed by atoms with Gasteiger partial charge in [0.25, 0.3) is 0 Å². The predicted molar refractivity (Wildman–Crippen MR) is 103 cm³/mol. The van der Waals surface area contributed by atoms with E-state index in [0.717, 1.165) is 11.3 Å². The average Bonchev–Trinajstić information content (AvgIpc) is 3.16. The van der Waals surface area contributed by atoms with E-state index in [4.69, 9.17) is 9.47 Å². The summed E-state index contributed by atoms with van der Waals surface area (Å²) >= 11 is 1.28. The van der Waals surface area contributed by atoms with Gasteiger partial charge in [0.1, 0.15) is 11.5 Å². The SMILES string of the molecule is COc1ccc(C(=O)CSc2nnnn2-c2ccc(C)c(C)c2)c(OC)c1. The van der Waals surface area contributed by atoms with Crippen LogP contribution < -0.4 is 9.47 Å². The molecule has 0 radical (unpaired) electrons. The van der Waals surface area contributed by atoms with Crippen molar-refractivity contribution in [3.05, 3.63) is 53.1 Å². The number of benzene rings is 2. The molecule has 2 aromatic carbocycles. The number of hydrogen-bond acceptors (Lipinski definition) is 7. The van der Waals surface area contributed by atoms with Crippen molar-refractivity contribution in [2.24, 2.45) is 0 Å². The van der Waals surface area contributed by atoms with Crippen molar-refractivity contribution in [2.75, 3.05) is 20.0 Å². The maximum atomic E-state index is 12.6. The maximum Gasteiger partial charge on any atom is 0.214 e. The summed E-state index contributed by atoms with van der Waals surface area (Å²) in [7, 11) is 3.09. The molecular weight excluding hydrogens is 364 g/mol. The molecule has 0 N–H and O–H groups in total. The lowest BCUT2D eigenvalue weighted by atomic mass is 10.1. The summed E-state index contributed by atoms with van der Waals surface area (Å²) in [6, 6.07) is 11.1. The zero-order valence-corrected chi connectivity index (χ0v) is 16.4. The van der Waals surface area contributed by atoms with Gasteiger partial charge >= 0.3 is 0 Å². The molecule has 0 fully saturated rings. The van der Waals surface area contributed by atoms with Gasteiger partial charge in [0.2, 0.25) is 5.16 Å². The molecule has 3 rings (SSSR count). The third-order valence-electron chi connectivity index (χ3n) is 4.22. The number of hydrogen-bond donors (Lipinski definition) is 0. The van der Waals surface area contributed by atoms with Crippen molar-refractivity contribution in [1.82, 2.24) is 20.2 Å². The van der Waals surface area contributed by atoms with E-state index in [2.05, 4.69) is 22.4 Å². The van der Waals surface area contributed by atoms with Gasteiger partial charge in [0.05, 0.1) is 31.2 Å². The second kappa shape index (κ2) is 8.22. The van der Waals surface area contributed by atoms with Crippen LogP contribution in [0.1, 0.15) is 21.5 Å². The molecule has 0 saturated carbocycles. The van der Waals surface area contributed by atoms with Crippen molar-refractivity contribution in [3.63, 3.8) is 0 Å². The highest BCUT2D eigenvalue weighted by Gasteiger charge is 2.16. The van der Waals surface area contributed by atoms with Crippen LogP contribution in [0.25, 0.3) is 5.69 Å². The minimum atomic E-state index is -0.0749. The third-order valence-corrected chi connectivity index (χ3v) is 5.14. The van der Waals surface area contributed by atoms with E-state index in [1.165, 1.54) is 24.4 Å². The summed E-state index contributed by atoms with van der Waals surface area (Å²) in [4.78, 5) is 12.6. The molecule has 0 saturated heterocycles.